The number of aryl methyl sites for hydroxylation is 2. The predicted octanol–water partition coefficient (Wildman–Crippen LogP) is 4.14. The Morgan fingerprint density at radius 1 is 1.19 bits per heavy atom. The van der Waals surface area contributed by atoms with E-state index in [9.17, 15) is 9.59 Å². The van der Waals surface area contributed by atoms with Crippen LogP contribution < -0.4 is 11.2 Å². The molecule has 0 fully saturated rings. The number of hydrogen-bond donors (Lipinski definition) is 0. The summed E-state index contributed by atoms with van der Waals surface area (Å²) in [7, 11) is 0. The van der Waals surface area contributed by atoms with Crippen LogP contribution >= 0.6 is 22.9 Å². The minimum absolute atomic E-state index is 0.120. The lowest BCUT2D eigenvalue weighted by molar-refractivity contribution is 0.557. The molecule has 0 radical (unpaired) electrons. The third kappa shape index (κ3) is 2.85. The van der Waals surface area contributed by atoms with Gasteiger partial charge in [0, 0.05) is 21.4 Å². The highest BCUT2D eigenvalue weighted by atomic mass is 35.5. The maximum absolute atomic E-state index is 12.8. The van der Waals surface area contributed by atoms with E-state index in [2.05, 4.69) is 4.98 Å². The normalized spacial score (nSPS) is 11.5. The molecule has 0 atom stereocenters. The molecule has 0 aliphatic rings. The molecule has 3 heterocycles. The van der Waals surface area contributed by atoms with Crippen molar-refractivity contribution in [3.05, 3.63) is 72.4 Å². The molecule has 0 amide bonds. The predicted molar refractivity (Wildman–Crippen MR) is 105 cm³/mol. The number of hydrogen-bond acceptors (Lipinski definition) is 5. The molecular formula is C19H15ClN2O3S. The van der Waals surface area contributed by atoms with Crippen LogP contribution in [0, 0.1) is 6.92 Å². The molecule has 5 nitrogen and oxygen atoms in total. The molecule has 26 heavy (non-hydrogen) atoms. The number of halogens is 1. The van der Waals surface area contributed by atoms with Gasteiger partial charge in [-0.25, -0.2) is 9.78 Å². The molecular weight excluding hydrogens is 372 g/mol. The second-order valence-corrected chi connectivity index (χ2v) is 7.67. The molecule has 3 aromatic heterocycles. The molecule has 132 valence electrons. The Morgan fingerprint density at radius 3 is 2.77 bits per heavy atom. The third-order valence-corrected chi connectivity index (χ3v) is 5.96. The highest BCUT2D eigenvalue weighted by Crippen LogP contribution is 2.26. The summed E-state index contributed by atoms with van der Waals surface area (Å²) in [6.07, 6.45) is 2.39. The summed E-state index contributed by atoms with van der Waals surface area (Å²) in [5.41, 5.74) is 1.38. The number of nitrogens with zero attached hydrogens (tertiary/aromatic N) is 2. The second kappa shape index (κ2) is 6.37. The summed E-state index contributed by atoms with van der Waals surface area (Å²) in [5, 5.41) is 1.90. The summed E-state index contributed by atoms with van der Waals surface area (Å²) in [6.45, 7) is 4.11. The van der Waals surface area contributed by atoms with E-state index in [4.69, 9.17) is 16.0 Å². The van der Waals surface area contributed by atoms with Crippen molar-refractivity contribution in [3.63, 3.8) is 0 Å². The van der Waals surface area contributed by atoms with Crippen LogP contribution in [0.15, 0.2) is 44.6 Å². The van der Waals surface area contributed by atoms with E-state index in [0.29, 0.717) is 26.9 Å². The largest absolute Gasteiger partial charge is 0.423 e. The highest BCUT2D eigenvalue weighted by molar-refractivity contribution is 7.18. The van der Waals surface area contributed by atoms with Crippen LogP contribution in [0.4, 0.5) is 0 Å². The van der Waals surface area contributed by atoms with Crippen molar-refractivity contribution < 1.29 is 4.42 Å². The van der Waals surface area contributed by atoms with E-state index in [0.717, 1.165) is 21.7 Å². The number of rotatable bonds is 3. The van der Waals surface area contributed by atoms with Gasteiger partial charge in [-0.1, -0.05) is 18.5 Å². The Bertz CT molecular complexity index is 1270. The van der Waals surface area contributed by atoms with Crippen molar-refractivity contribution in [1.29, 1.82) is 0 Å². The fourth-order valence-corrected chi connectivity index (χ4v) is 4.05. The molecule has 0 N–H and O–H groups in total. The van der Waals surface area contributed by atoms with Crippen molar-refractivity contribution in [2.75, 3.05) is 0 Å². The van der Waals surface area contributed by atoms with Gasteiger partial charge in [0.2, 0.25) is 0 Å². The minimum atomic E-state index is -0.458. The average molecular weight is 387 g/mol. The van der Waals surface area contributed by atoms with Crippen LogP contribution in [0.2, 0.25) is 5.02 Å². The molecule has 0 saturated heterocycles. The van der Waals surface area contributed by atoms with Crippen LogP contribution in [0.3, 0.4) is 0 Å². The first-order chi connectivity index (χ1) is 12.5. The van der Waals surface area contributed by atoms with Crippen molar-refractivity contribution in [3.8, 4) is 0 Å². The van der Waals surface area contributed by atoms with Crippen molar-refractivity contribution in [1.82, 2.24) is 9.55 Å². The summed E-state index contributed by atoms with van der Waals surface area (Å²) < 4.78 is 6.79. The van der Waals surface area contributed by atoms with Gasteiger partial charge in [-0.2, -0.15) is 0 Å². The van der Waals surface area contributed by atoms with Crippen molar-refractivity contribution >= 4 is 44.1 Å². The van der Waals surface area contributed by atoms with E-state index in [1.54, 1.807) is 12.1 Å². The smallest absolute Gasteiger partial charge is 0.336 e. The number of fused-ring (bicyclic) bond motifs is 2. The van der Waals surface area contributed by atoms with Gasteiger partial charge in [0.15, 0.2) is 0 Å². The van der Waals surface area contributed by atoms with Crippen LogP contribution in [0.25, 0.3) is 21.2 Å². The van der Waals surface area contributed by atoms with Crippen LogP contribution in [0.5, 0.6) is 0 Å². The Morgan fingerprint density at radius 2 is 2.00 bits per heavy atom. The van der Waals surface area contributed by atoms with Gasteiger partial charge in [-0.15, -0.1) is 11.3 Å². The number of benzene rings is 1. The van der Waals surface area contributed by atoms with E-state index < -0.39 is 5.63 Å². The molecule has 0 unspecified atom stereocenters. The Balaban J connectivity index is 1.88. The zero-order valence-electron chi connectivity index (χ0n) is 14.2. The molecule has 1 aromatic carbocycles. The lowest BCUT2D eigenvalue weighted by Crippen LogP contribution is -2.21. The fourth-order valence-electron chi connectivity index (χ4n) is 2.96. The van der Waals surface area contributed by atoms with E-state index in [1.165, 1.54) is 28.3 Å². The molecule has 0 aliphatic carbocycles. The molecule has 0 aliphatic heterocycles. The zero-order valence-corrected chi connectivity index (χ0v) is 15.8. The van der Waals surface area contributed by atoms with Crippen LogP contribution in [-0.2, 0) is 13.0 Å². The Labute approximate surface area is 157 Å². The van der Waals surface area contributed by atoms with E-state index in [-0.39, 0.29) is 12.1 Å². The lowest BCUT2D eigenvalue weighted by Gasteiger charge is -2.09. The third-order valence-electron chi connectivity index (χ3n) is 4.37. The summed E-state index contributed by atoms with van der Waals surface area (Å²) in [4.78, 5) is 31.0. The lowest BCUT2D eigenvalue weighted by atomic mass is 10.1. The Hall–Kier alpha value is -2.44. The van der Waals surface area contributed by atoms with E-state index >= 15 is 0 Å². The topological polar surface area (TPSA) is 65.1 Å². The van der Waals surface area contributed by atoms with Gasteiger partial charge >= 0.3 is 5.63 Å². The number of thiophene rings is 1. The van der Waals surface area contributed by atoms with Crippen LogP contribution in [-0.4, -0.2) is 9.55 Å². The molecule has 0 saturated carbocycles. The molecule has 0 bridgehead atoms. The zero-order chi connectivity index (χ0) is 18.4. The molecule has 4 aromatic rings. The first kappa shape index (κ1) is 17.0. The minimum Gasteiger partial charge on any atom is -0.423 e. The van der Waals surface area contributed by atoms with Crippen molar-refractivity contribution in [2.45, 2.75) is 26.8 Å². The van der Waals surface area contributed by atoms with Gasteiger partial charge in [-0.05, 0) is 42.7 Å². The average Bonchev–Trinajstić information content (AvgIpc) is 3.03. The van der Waals surface area contributed by atoms with Gasteiger partial charge < -0.3 is 4.42 Å². The Kier molecular flexibility index (Phi) is 4.17. The monoisotopic (exact) mass is 386 g/mol. The molecule has 0 spiro atoms. The molecule has 7 heteroatoms. The quantitative estimate of drug-likeness (QED) is 0.496. The van der Waals surface area contributed by atoms with Gasteiger partial charge in [0.1, 0.15) is 10.4 Å². The SMILES string of the molecule is CCc1cc2c(=O)n(Cc3cc(=O)oc4cc(C)c(Cl)cc34)cnc2s1. The second-order valence-electron chi connectivity index (χ2n) is 6.15. The fraction of sp³-hybridized carbons (Fsp3) is 0.211. The van der Waals surface area contributed by atoms with Crippen LogP contribution in [0.1, 0.15) is 22.9 Å². The van der Waals surface area contributed by atoms with Crippen molar-refractivity contribution in [2.24, 2.45) is 0 Å². The van der Waals surface area contributed by atoms with Gasteiger partial charge in [-0.3, -0.25) is 9.36 Å². The van der Waals surface area contributed by atoms with E-state index in [1.807, 2.05) is 19.9 Å². The number of aromatic nitrogens is 2. The van der Waals surface area contributed by atoms with Gasteiger partial charge in [0.25, 0.3) is 5.56 Å². The molecule has 4 rings (SSSR count). The standard InChI is InChI=1S/C19H15ClN2O3S/c1-3-12-6-14-18(26-12)21-9-22(19(14)24)8-11-5-17(23)25-16-4-10(2)15(20)7-13(11)16/h4-7,9H,3,8H2,1-2H3. The summed E-state index contributed by atoms with van der Waals surface area (Å²) in [5.74, 6) is 0. The first-order valence-electron chi connectivity index (χ1n) is 8.17. The first-order valence-corrected chi connectivity index (χ1v) is 9.36. The maximum Gasteiger partial charge on any atom is 0.336 e. The summed E-state index contributed by atoms with van der Waals surface area (Å²) >= 11 is 7.76. The van der Waals surface area contributed by atoms with Gasteiger partial charge in [0.05, 0.1) is 18.3 Å². The highest BCUT2D eigenvalue weighted by Gasteiger charge is 2.12. The summed E-state index contributed by atoms with van der Waals surface area (Å²) in [6, 6.07) is 6.79. The maximum atomic E-state index is 12.8.